The maximum atomic E-state index is 11.4. The van der Waals surface area contributed by atoms with Crippen LogP contribution in [0.5, 0.6) is 5.75 Å². The molecule has 0 aliphatic rings. The number of nitrogen functional groups attached to an aromatic ring is 1. The van der Waals surface area contributed by atoms with Crippen molar-refractivity contribution in [1.29, 1.82) is 0 Å². The molecule has 0 aliphatic carbocycles. The van der Waals surface area contributed by atoms with Gasteiger partial charge in [0.15, 0.2) is 0 Å². The number of H-pyrrole nitrogens is 1. The zero-order chi connectivity index (χ0) is 17.5. The van der Waals surface area contributed by atoms with Crippen LogP contribution in [-0.4, -0.2) is 19.8 Å². The Hall–Kier alpha value is -2.67. The number of ether oxygens (including phenoxy) is 2. The van der Waals surface area contributed by atoms with Gasteiger partial charge in [0.2, 0.25) is 11.6 Å². The molecule has 0 atom stereocenters. The van der Waals surface area contributed by atoms with E-state index < -0.39 is 6.09 Å². The molecule has 8 heteroatoms. The number of nitrogens with one attached hydrogen (secondary N) is 3. The second-order valence-corrected chi connectivity index (χ2v) is 5.19. The number of amides is 1. The van der Waals surface area contributed by atoms with Gasteiger partial charge in [0, 0.05) is 6.07 Å². The number of carbonyl (C=O) groups is 1. The predicted molar refractivity (Wildman–Crippen MR) is 93.1 cm³/mol. The molecule has 2 rings (SSSR count). The lowest BCUT2D eigenvalue weighted by molar-refractivity contribution is -0.342. The van der Waals surface area contributed by atoms with Gasteiger partial charge in [-0.2, -0.15) is 0 Å². The number of anilines is 3. The van der Waals surface area contributed by atoms with Gasteiger partial charge in [-0.1, -0.05) is 6.07 Å². The standard InChI is InChI=1S/C17H22N4O3.ClH/c1-4-24-17(22)20-14-7-8-15(21-16(14)18)19-10-12-5-6-13(23-3)9-11(12)2;/h5-9H,4,10H2,1-3H3,(H,20,22)(H3,18,19,21);1H. The average Bonchev–Trinajstić information content (AvgIpc) is 2.56. The molecule has 1 heterocycles. The van der Waals surface area contributed by atoms with E-state index in [1.165, 1.54) is 0 Å². The monoisotopic (exact) mass is 366 g/mol. The van der Waals surface area contributed by atoms with Crippen LogP contribution >= 0.6 is 0 Å². The SMILES string of the molecule is CCOC(=O)Nc1ccc(NCc2ccc(OC)cc2C)[nH+]c1N.[Cl-]. The average molecular weight is 367 g/mol. The van der Waals surface area contributed by atoms with Gasteiger partial charge in [-0.25, -0.2) is 9.78 Å². The third-order valence-corrected chi connectivity index (χ3v) is 3.51. The van der Waals surface area contributed by atoms with Crippen LogP contribution in [0.3, 0.4) is 0 Å². The number of nitrogens with two attached hydrogens (primary N) is 1. The van der Waals surface area contributed by atoms with Crippen LogP contribution in [0, 0.1) is 6.92 Å². The summed E-state index contributed by atoms with van der Waals surface area (Å²) in [5, 5.41) is 5.84. The number of benzene rings is 1. The second kappa shape index (κ2) is 9.58. The van der Waals surface area contributed by atoms with E-state index in [1.54, 1.807) is 26.2 Å². The molecule has 7 nitrogen and oxygen atoms in total. The Labute approximate surface area is 153 Å². The quantitative estimate of drug-likeness (QED) is 0.645. The van der Waals surface area contributed by atoms with Crippen LogP contribution in [-0.2, 0) is 11.3 Å². The Kier molecular flexibility index (Phi) is 7.81. The lowest BCUT2D eigenvalue weighted by Gasteiger charge is -2.09. The Bertz CT molecular complexity index is 725. The molecule has 1 aromatic carbocycles. The zero-order valence-electron chi connectivity index (χ0n) is 14.5. The zero-order valence-corrected chi connectivity index (χ0v) is 15.2. The summed E-state index contributed by atoms with van der Waals surface area (Å²) in [5.74, 6) is 1.93. The number of rotatable bonds is 6. The molecule has 1 amide bonds. The predicted octanol–water partition coefficient (Wildman–Crippen LogP) is -0.416. The second-order valence-electron chi connectivity index (χ2n) is 5.19. The highest BCUT2D eigenvalue weighted by molar-refractivity contribution is 5.87. The van der Waals surface area contributed by atoms with Crippen molar-refractivity contribution in [2.24, 2.45) is 0 Å². The molecular weight excluding hydrogens is 344 g/mol. The summed E-state index contributed by atoms with van der Waals surface area (Å²) >= 11 is 0. The van der Waals surface area contributed by atoms with E-state index in [0.717, 1.165) is 22.7 Å². The number of aromatic nitrogens is 1. The number of carbonyl (C=O) groups excluding carboxylic acids is 1. The molecule has 0 fully saturated rings. The van der Waals surface area contributed by atoms with E-state index in [-0.39, 0.29) is 12.4 Å². The van der Waals surface area contributed by atoms with Crippen LogP contribution in [0.1, 0.15) is 18.1 Å². The highest BCUT2D eigenvalue weighted by Crippen LogP contribution is 2.19. The molecule has 0 saturated heterocycles. The first-order valence-electron chi connectivity index (χ1n) is 7.66. The Morgan fingerprint density at radius 2 is 2.04 bits per heavy atom. The molecule has 0 spiro atoms. The van der Waals surface area contributed by atoms with Crippen LogP contribution in [0.4, 0.5) is 22.1 Å². The van der Waals surface area contributed by atoms with Crippen molar-refractivity contribution in [3.8, 4) is 5.75 Å². The summed E-state index contributed by atoms with van der Waals surface area (Å²) in [6, 6.07) is 9.44. The van der Waals surface area contributed by atoms with Crippen molar-refractivity contribution in [2.45, 2.75) is 20.4 Å². The third-order valence-electron chi connectivity index (χ3n) is 3.51. The molecule has 25 heavy (non-hydrogen) atoms. The van der Waals surface area contributed by atoms with E-state index in [1.807, 2.05) is 25.1 Å². The van der Waals surface area contributed by atoms with Gasteiger partial charge in [-0.15, -0.1) is 0 Å². The minimum atomic E-state index is -0.535. The minimum absolute atomic E-state index is 0. The van der Waals surface area contributed by atoms with Gasteiger partial charge in [0.05, 0.1) is 20.3 Å². The number of hydrogen-bond acceptors (Lipinski definition) is 5. The summed E-state index contributed by atoms with van der Waals surface area (Å²) in [6.07, 6.45) is -0.535. The van der Waals surface area contributed by atoms with Gasteiger partial charge in [-0.05, 0) is 43.2 Å². The first kappa shape index (κ1) is 20.4. The maximum absolute atomic E-state index is 11.4. The summed E-state index contributed by atoms with van der Waals surface area (Å²) in [4.78, 5) is 14.4. The lowest BCUT2D eigenvalue weighted by atomic mass is 10.1. The van der Waals surface area contributed by atoms with Gasteiger partial charge in [0.25, 0.3) is 0 Å². The molecule has 5 N–H and O–H groups in total. The molecule has 1 aromatic heterocycles. The fraction of sp³-hybridized carbons (Fsp3) is 0.294. The molecule has 0 saturated carbocycles. The van der Waals surface area contributed by atoms with E-state index in [4.69, 9.17) is 15.2 Å². The number of pyridine rings is 1. The highest BCUT2D eigenvalue weighted by atomic mass is 35.5. The minimum Gasteiger partial charge on any atom is -1.00 e. The number of hydrogen-bond donors (Lipinski definition) is 3. The fourth-order valence-corrected chi connectivity index (χ4v) is 2.18. The van der Waals surface area contributed by atoms with Crippen LogP contribution < -0.4 is 38.5 Å². The lowest BCUT2D eigenvalue weighted by Crippen LogP contribution is -3.00. The molecule has 136 valence electrons. The maximum Gasteiger partial charge on any atom is 0.411 e. The molecule has 0 unspecified atom stereocenters. The van der Waals surface area contributed by atoms with Crippen molar-refractivity contribution in [3.63, 3.8) is 0 Å². The van der Waals surface area contributed by atoms with E-state index in [2.05, 4.69) is 15.6 Å². The Balaban J connectivity index is 0.00000312. The number of aromatic amines is 1. The van der Waals surface area contributed by atoms with Crippen LogP contribution in [0.2, 0.25) is 0 Å². The smallest absolute Gasteiger partial charge is 0.411 e. The molecule has 0 aliphatic heterocycles. The number of aryl methyl sites for hydroxylation is 1. The summed E-state index contributed by atoms with van der Waals surface area (Å²) in [7, 11) is 1.65. The van der Waals surface area contributed by atoms with Gasteiger partial charge in [0.1, 0.15) is 11.4 Å². The van der Waals surface area contributed by atoms with E-state index >= 15 is 0 Å². The summed E-state index contributed by atoms with van der Waals surface area (Å²) in [6.45, 7) is 4.71. The van der Waals surface area contributed by atoms with Crippen LogP contribution in [0.15, 0.2) is 30.3 Å². The van der Waals surface area contributed by atoms with Gasteiger partial charge < -0.3 is 32.9 Å². The van der Waals surface area contributed by atoms with Crippen molar-refractivity contribution in [3.05, 3.63) is 41.5 Å². The first-order chi connectivity index (χ1) is 11.5. The first-order valence-corrected chi connectivity index (χ1v) is 7.66. The van der Waals surface area contributed by atoms with Gasteiger partial charge in [-0.3, -0.25) is 5.32 Å². The Morgan fingerprint density at radius 3 is 2.64 bits per heavy atom. The molecule has 2 aromatic rings. The number of methoxy groups -OCH3 is 1. The molecular formula is C17H23ClN4O3. The summed E-state index contributed by atoms with van der Waals surface area (Å²) in [5.41, 5.74) is 8.68. The van der Waals surface area contributed by atoms with Crippen molar-refractivity contribution >= 4 is 23.4 Å². The largest absolute Gasteiger partial charge is 1.00 e. The van der Waals surface area contributed by atoms with Crippen molar-refractivity contribution < 1.29 is 31.7 Å². The Morgan fingerprint density at radius 1 is 1.28 bits per heavy atom. The summed E-state index contributed by atoms with van der Waals surface area (Å²) < 4.78 is 10.0. The topological polar surface area (TPSA) is 99.8 Å². The fourth-order valence-electron chi connectivity index (χ4n) is 2.18. The third kappa shape index (κ3) is 5.72. The van der Waals surface area contributed by atoms with Crippen LogP contribution in [0.25, 0.3) is 0 Å². The highest BCUT2D eigenvalue weighted by Gasteiger charge is 2.11. The van der Waals surface area contributed by atoms with Crippen molar-refractivity contribution in [1.82, 2.24) is 0 Å². The van der Waals surface area contributed by atoms with E-state index in [9.17, 15) is 4.79 Å². The number of halogens is 1. The van der Waals surface area contributed by atoms with Crippen molar-refractivity contribution in [2.75, 3.05) is 30.1 Å². The van der Waals surface area contributed by atoms with E-state index in [0.29, 0.717) is 24.7 Å². The molecule has 0 radical (unpaired) electrons. The molecule has 0 bridgehead atoms. The normalized spacial score (nSPS) is 9.72. The van der Waals surface area contributed by atoms with Gasteiger partial charge >= 0.3 is 6.09 Å².